The highest BCUT2D eigenvalue weighted by atomic mass is 16.5. The lowest BCUT2D eigenvalue weighted by Crippen LogP contribution is -2.32. The normalized spacial score (nSPS) is 13.6. The first-order valence-electron chi connectivity index (χ1n) is 6.66. The lowest BCUT2D eigenvalue weighted by atomic mass is 9.90. The molecule has 0 aromatic heterocycles. The van der Waals surface area contributed by atoms with Gasteiger partial charge in [0.15, 0.2) is 0 Å². The third-order valence-corrected chi connectivity index (χ3v) is 3.42. The van der Waals surface area contributed by atoms with Crippen LogP contribution in [-0.2, 0) is 25.5 Å². The van der Waals surface area contributed by atoms with Crippen LogP contribution in [0.2, 0.25) is 0 Å². The number of ether oxygens (including phenoxy) is 2. The Morgan fingerprint density at radius 3 is 2.35 bits per heavy atom. The maximum Gasteiger partial charge on any atom is 0.313 e. The molecule has 1 atom stereocenters. The van der Waals surface area contributed by atoms with E-state index in [0.29, 0.717) is 0 Å². The van der Waals surface area contributed by atoms with Crippen LogP contribution in [0, 0.1) is 0 Å². The van der Waals surface area contributed by atoms with Crippen molar-refractivity contribution in [3.05, 3.63) is 35.9 Å². The maximum atomic E-state index is 11.8. The van der Waals surface area contributed by atoms with Gasteiger partial charge >= 0.3 is 5.97 Å². The minimum atomic E-state index is -0.555. The number of ketones is 1. The highest BCUT2D eigenvalue weighted by Crippen LogP contribution is 2.23. The molecular formula is C16H22O4. The summed E-state index contributed by atoms with van der Waals surface area (Å²) in [5, 5.41) is 0. The highest BCUT2D eigenvalue weighted by molar-refractivity contribution is 5.95. The van der Waals surface area contributed by atoms with Gasteiger partial charge < -0.3 is 9.47 Å². The van der Waals surface area contributed by atoms with Crippen LogP contribution in [0.25, 0.3) is 0 Å². The Morgan fingerprint density at radius 1 is 1.15 bits per heavy atom. The molecule has 0 radical (unpaired) electrons. The molecule has 1 aromatic rings. The molecule has 4 nitrogen and oxygen atoms in total. The van der Waals surface area contributed by atoms with Crippen molar-refractivity contribution < 1.29 is 19.1 Å². The Morgan fingerprint density at radius 2 is 1.80 bits per heavy atom. The molecule has 4 heteroatoms. The summed E-state index contributed by atoms with van der Waals surface area (Å²) in [4.78, 5) is 22.9. The number of methoxy groups -OCH3 is 2. The molecule has 1 rings (SSSR count). The van der Waals surface area contributed by atoms with E-state index in [4.69, 9.17) is 4.74 Å². The van der Waals surface area contributed by atoms with Gasteiger partial charge in [-0.25, -0.2) is 0 Å². The van der Waals surface area contributed by atoms with Crippen LogP contribution in [0.1, 0.15) is 31.7 Å². The number of rotatable bonds is 8. The van der Waals surface area contributed by atoms with Gasteiger partial charge in [0, 0.05) is 13.5 Å². The number of esters is 1. The van der Waals surface area contributed by atoms with Crippen molar-refractivity contribution in [1.82, 2.24) is 0 Å². The fourth-order valence-electron chi connectivity index (χ4n) is 2.03. The largest absolute Gasteiger partial charge is 0.469 e. The van der Waals surface area contributed by atoms with E-state index in [0.717, 1.165) is 12.8 Å². The van der Waals surface area contributed by atoms with E-state index >= 15 is 0 Å². The van der Waals surface area contributed by atoms with Gasteiger partial charge in [0.2, 0.25) is 0 Å². The Balaban J connectivity index is 2.53. The summed E-state index contributed by atoms with van der Waals surface area (Å²) in [5.41, 5.74) is 0.650. The molecule has 0 spiro atoms. The molecule has 0 heterocycles. The van der Waals surface area contributed by atoms with E-state index in [9.17, 15) is 9.59 Å². The lowest BCUT2D eigenvalue weighted by molar-refractivity contribution is -0.144. The van der Waals surface area contributed by atoms with Crippen LogP contribution in [0.15, 0.2) is 30.3 Å². The molecule has 0 amide bonds. The van der Waals surface area contributed by atoms with Crippen molar-refractivity contribution in [2.75, 3.05) is 14.2 Å². The number of benzene rings is 1. The van der Waals surface area contributed by atoms with Gasteiger partial charge in [0.05, 0.1) is 12.7 Å². The number of hydrogen-bond donors (Lipinski definition) is 0. The van der Waals surface area contributed by atoms with E-state index in [-0.39, 0.29) is 18.6 Å². The SMILES string of the molecule is COC(=O)CC(=O)CC(C)(CCc1ccccc1)OC. The molecule has 0 aliphatic carbocycles. The van der Waals surface area contributed by atoms with Crippen molar-refractivity contribution in [1.29, 1.82) is 0 Å². The standard InChI is InChI=1S/C16H22O4/c1-16(20-3,12-14(17)11-15(18)19-2)10-9-13-7-5-4-6-8-13/h4-8H,9-12H2,1-3H3. The predicted molar refractivity (Wildman–Crippen MR) is 76.4 cm³/mol. The Labute approximate surface area is 120 Å². The van der Waals surface area contributed by atoms with Crippen LogP contribution in [-0.4, -0.2) is 31.6 Å². The van der Waals surface area contributed by atoms with Crippen LogP contribution >= 0.6 is 0 Å². The van der Waals surface area contributed by atoms with Crippen molar-refractivity contribution in [3.63, 3.8) is 0 Å². The molecule has 0 N–H and O–H groups in total. The average molecular weight is 278 g/mol. The fourth-order valence-corrected chi connectivity index (χ4v) is 2.03. The lowest BCUT2D eigenvalue weighted by Gasteiger charge is -2.27. The first kappa shape index (κ1) is 16.4. The van der Waals surface area contributed by atoms with Gasteiger partial charge in [-0.2, -0.15) is 0 Å². The van der Waals surface area contributed by atoms with Crippen molar-refractivity contribution in [3.8, 4) is 0 Å². The first-order chi connectivity index (χ1) is 9.49. The van der Waals surface area contributed by atoms with Crippen molar-refractivity contribution in [2.24, 2.45) is 0 Å². The zero-order valence-corrected chi connectivity index (χ0v) is 12.3. The number of hydrogen-bond acceptors (Lipinski definition) is 4. The average Bonchev–Trinajstić information content (AvgIpc) is 2.46. The summed E-state index contributed by atoms with van der Waals surface area (Å²) < 4.78 is 9.97. The highest BCUT2D eigenvalue weighted by Gasteiger charge is 2.27. The van der Waals surface area contributed by atoms with Crippen LogP contribution in [0.3, 0.4) is 0 Å². The van der Waals surface area contributed by atoms with Crippen molar-refractivity contribution in [2.45, 2.75) is 38.2 Å². The van der Waals surface area contributed by atoms with Gasteiger partial charge in [0.1, 0.15) is 12.2 Å². The third-order valence-electron chi connectivity index (χ3n) is 3.42. The second-order valence-electron chi connectivity index (χ2n) is 5.11. The van der Waals surface area contributed by atoms with E-state index < -0.39 is 11.6 Å². The predicted octanol–water partition coefficient (Wildman–Crippen LogP) is 2.55. The van der Waals surface area contributed by atoms with Gasteiger partial charge in [-0.3, -0.25) is 9.59 Å². The fraction of sp³-hybridized carbons (Fsp3) is 0.500. The Kier molecular flexibility index (Phi) is 6.39. The zero-order chi connectivity index (χ0) is 15.0. The summed E-state index contributed by atoms with van der Waals surface area (Å²) in [7, 11) is 2.87. The first-order valence-corrected chi connectivity index (χ1v) is 6.66. The summed E-state index contributed by atoms with van der Waals surface area (Å²) in [6, 6.07) is 10.0. The van der Waals surface area contributed by atoms with Gasteiger partial charge in [-0.1, -0.05) is 30.3 Å². The molecule has 1 unspecified atom stereocenters. The summed E-state index contributed by atoms with van der Waals surface area (Å²) >= 11 is 0. The minimum absolute atomic E-state index is 0.158. The van der Waals surface area contributed by atoms with Gasteiger partial charge in [0.25, 0.3) is 0 Å². The number of aryl methyl sites for hydroxylation is 1. The monoisotopic (exact) mass is 278 g/mol. The zero-order valence-electron chi connectivity index (χ0n) is 12.3. The van der Waals surface area contributed by atoms with Crippen LogP contribution < -0.4 is 0 Å². The van der Waals surface area contributed by atoms with Crippen LogP contribution in [0.5, 0.6) is 0 Å². The van der Waals surface area contributed by atoms with E-state index in [1.165, 1.54) is 12.7 Å². The molecule has 1 aromatic carbocycles. The molecule has 110 valence electrons. The molecule has 0 saturated heterocycles. The summed E-state index contributed by atoms with van der Waals surface area (Å²) in [5.74, 6) is -0.661. The maximum absolute atomic E-state index is 11.8. The Hall–Kier alpha value is -1.68. The number of carbonyl (C=O) groups excluding carboxylic acids is 2. The molecule has 0 aliphatic rings. The second-order valence-corrected chi connectivity index (χ2v) is 5.11. The number of Topliss-reactive ketones (excluding diaryl/α,β-unsaturated/α-hetero) is 1. The van der Waals surface area contributed by atoms with Gasteiger partial charge in [-0.15, -0.1) is 0 Å². The van der Waals surface area contributed by atoms with E-state index in [2.05, 4.69) is 4.74 Å². The molecule has 20 heavy (non-hydrogen) atoms. The molecule has 0 bridgehead atoms. The molecule has 0 saturated carbocycles. The summed E-state index contributed by atoms with van der Waals surface area (Å²) in [6.07, 6.45) is 1.57. The molecule has 0 fully saturated rings. The van der Waals surface area contributed by atoms with Crippen LogP contribution in [0.4, 0.5) is 0 Å². The topological polar surface area (TPSA) is 52.6 Å². The molecule has 0 aliphatic heterocycles. The van der Waals surface area contributed by atoms with E-state index in [1.807, 2.05) is 37.3 Å². The van der Waals surface area contributed by atoms with E-state index in [1.54, 1.807) is 7.11 Å². The third kappa shape index (κ3) is 5.53. The van der Waals surface area contributed by atoms with Crippen molar-refractivity contribution >= 4 is 11.8 Å². The quantitative estimate of drug-likeness (QED) is 0.541. The number of carbonyl (C=O) groups is 2. The van der Waals surface area contributed by atoms with Gasteiger partial charge in [-0.05, 0) is 25.3 Å². The minimum Gasteiger partial charge on any atom is -0.469 e. The smallest absolute Gasteiger partial charge is 0.313 e. The Bertz CT molecular complexity index is 441. The summed E-state index contributed by atoms with van der Waals surface area (Å²) in [6.45, 7) is 1.89. The second kappa shape index (κ2) is 7.80. The molecular weight excluding hydrogens is 256 g/mol.